The number of benzene rings is 2. The van der Waals surface area contributed by atoms with Crippen LogP contribution >= 0.6 is 23.2 Å². The van der Waals surface area contributed by atoms with Crippen LogP contribution in [0.4, 0.5) is 0 Å². The van der Waals surface area contributed by atoms with Crippen LogP contribution in [0.25, 0.3) is 5.57 Å². The summed E-state index contributed by atoms with van der Waals surface area (Å²) in [5.74, 6) is 0.715. The largest absolute Gasteiger partial charge is 0.491 e. The van der Waals surface area contributed by atoms with E-state index in [0.29, 0.717) is 17.3 Å². The highest BCUT2D eigenvalue weighted by Crippen LogP contribution is 2.24. The number of hydrogen-bond acceptors (Lipinski definition) is 3. The average Bonchev–Trinajstić information content (AvgIpc) is 2.63. The van der Waals surface area contributed by atoms with E-state index in [-0.39, 0.29) is 6.61 Å². The molecular weight excluding hydrogens is 357 g/mol. The Morgan fingerprint density at radius 1 is 1.00 bits per heavy atom. The molecule has 25 heavy (non-hydrogen) atoms. The lowest BCUT2D eigenvalue weighted by molar-refractivity contribution is 0.0717. The Morgan fingerprint density at radius 3 is 2.24 bits per heavy atom. The lowest BCUT2D eigenvalue weighted by atomic mass is 9.99. The minimum absolute atomic E-state index is 0.270. The third kappa shape index (κ3) is 5.48. The van der Waals surface area contributed by atoms with Crippen molar-refractivity contribution in [3.8, 4) is 5.75 Å². The molecular formula is C20H21Cl2NO2. The van der Waals surface area contributed by atoms with E-state index in [1.165, 1.54) is 11.1 Å². The van der Waals surface area contributed by atoms with Gasteiger partial charge in [0.15, 0.2) is 0 Å². The molecule has 3 nitrogen and oxygen atoms in total. The molecule has 0 saturated heterocycles. The zero-order valence-corrected chi connectivity index (χ0v) is 15.4. The van der Waals surface area contributed by atoms with E-state index >= 15 is 0 Å². The Hall–Kier alpha value is -1.52. The normalized spacial score (nSPS) is 16.4. The van der Waals surface area contributed by atoms with Gasteiger partial charge in [0.25, 0.3) is 0 Å². The fourth-order valence-electron chi connectivity index (χ4n) is 2.88. The number of aliphatic hydroxyl groups is 1. The van der Waals surface area contributed by atoms with Gasteiger partial charge in [-0.3, -0.25) is 4.90 Å². The standard InChI is InChI=1S/C20H21Cl2NO2/c21-17-3-1-15(2-4-17)16-9-11-23(12-10-16)13-19(24)14-25-20-7-5-18(22)6-8-20/h1-9,19,24H,10-14H2/t19-/m1/s1. The van der Waals surface area contributed by atoms with Crippen molar-refractivity contribution < 1.29 is 9.84 Å². The first-order chi connectivity index (χ1) is 12.1. The van der Waals surface area contributed by atoms with Gasteiger partial charge in [-0.25, -0.2) is 0 Å². The summed E-state index contributed by atoms with van der Waals surface area (Å²) in [6.45, 7) is 2.62. The van der Waals surface area contributed by atoms with Gasteiger partial charge in [-0.05, 0) is 54.0 Å². The molecule has 2 aromatic rings. The predicted molar refractivity (Wildman–Crippen MR) is 103 cm³/mol. The number of rotatable bonds is 6. The molecule has 0 amide bonds. The van der Waals surface area contributed by atoms with Crippen LogP contribution in [0.1, 0.15) is 12.0 Å². The highest BCUT2D eigenvalue weighted by atomic mass is 35.5. The lowest BCUT2D eigenvalue weighted by Crippen LogP contribution is -2.38. The molecule has 0 unspecified atom stereocenters. The first-order valence-electron chi connectivity index (χ1n) is 8.34. The van der Waals surface area contributed by atoms with Crippen molar-refractivity contribution in [1.82, 2.24) is 4.90 Å². The molecule has 0 spiro atoms. The molecule has 0 aliphatic carbocycles. The summed E-state index contributed by atoms with van der Waals surface area (Å²) in [5.41, 5.74) is 2.55. The van der Waals surface area contributed by atoms with E-state index < -0.39 is 6.10 Å². The molecule has 1 aliphatic heterocycles. The van der Waals surface area contributed by atoms with Crippen LogP contribution in [-0.4, -0.2) is 42.4 Å². The number of ether oxygens (including phenoxy) is 1. The monoisotopic (exact) mass is 377 g/mol. The topological polar surface area (TPSA) is 32.7 Å². The molecule has 1 N–H and O–H groups in total. The first kappa shape index (κ1) is 18.3. The van der Waals surface area contributed by atoms with Gasteiger partial charge in [-0.15, -0.1) is 0 Å². The maximum Gasteiger partial charge on any atom is 0.119 e. The Morgan fingerprint density at radius 2 is 1.64 bits per heavy atom. The van der Waals surface area contributed by atoms with Crippen LogP contribution in [0.5, 0.6) is 5.75 Å². The Kier molecular flexibility index (Phi) is 6.38. The number of hydrogen-bond donors (Lipinski definition) is 1. The third-order valence-corrected chi connectivity index (χ3v) is 4.74. The molecule has 0 bridgehead atoms. The quantitative estimate of drug-likeness (QED) is 0.802. The number of β-amino-alcohol motifs (C(OH)–C–C–N with tert-alkyl or cyclic N) is 1. The SMILES string of the molecule is O[C@@H](COc1ccc(Cl)cc1)CN1CC=C(c2ccc(Cl)cc2)CC1. The van der Waals surface area contributed by atoms with Crippen LogP contribution in [-0.2, 0) is 0 Å². The Labute approximate surface area is 158 Å². The van der Waals surface area contributed by atoms with Crippen LogP contribution < -0.4 is 4.74 Å². The summed E-state index contributed by atoms with van der Waals surface area (Å²) in [4.78, 5) is 2.23. The second kappa shape index (κ2) is 8.72. The fourth-order valence-corrected chi connectivity index (χ4v) is 3.13. The van der Waals surface area contributed by atoms with Crippen molar-refractivity contribution >= 4 is 28.8 Å². The van der Waals surface area contributed by atoms with Gasteiger partial charge < -0.3 is 9.84 Å². The molecule has 1 aliphatic rings. The van der Waals surface area contributed by atoms with E-state index in [0.717, 1.165) is 24.5 Å². The van der Waals surface area contributed by atoms with Gasteiger partial charge in [0.2, 0.25) is 0 Å². The van der Waals surface area contributed by atoms with Crippen molar-refractivity contribution in [2.24, 2.45) is 0 Å². The van der Waals surface area contributed by atoms with Crippen LogP contribution in [0, 0.1) is 0 Å². The highest BCUT2D eigenvalue weighted by Gasteiger charge is 2.16. The molecule has 3 rings (SSSR count). The highest BCUT2D eigenvalue weighted by molar-refractivity contribution is 6.30. The van der Waals surface area contributed by atoms with E-state index in [1.54, 1.807) is 24.3 Å². The fraction of sp³-hybridized carbons (Fsp3) is 0.300. The second-order valence-electron chi connectivity index (χ2n) is 6.16. The van der Waals surface area contributed by atoms with Gasteiger partial charge in [0, 0.05) is 29.7 Å². The molecule has 132 valence electrons. The smallest absolute Gasteiger partial charge is 0.119 e. The molecule has 5 heteroatoms. The van der Waals surface area contributed by atoms with Crippen molar-refractivity contribution in [1.29, 1.82) is 0 Å². The zero-order chi connectivity index (χ0) is 17.6. The summed E-state index contributed by atoms with van der Waals surface area (Å²) in [5, 5.41) is 11.6. The second-order valence-corrected chi connectivity index (χ2v) is 7.04. The van der Waals surface area contributed by atoms with Gasteiger partial charge in [0.05, 0.1) is 0 Å². The Balaban J connectivity index is 1.46. The van der Waals surface area contributed by atoms with Gasteiger partial charge in [0.1, 0.15) is 18.5 Å². The first-order valence-corrected chi connectivity index (χ1v) is 9.09. The van der Waals surface area contributed by atoms with Crippen molar-refractivity contribution in [2.75, 3.05) is 26.2 Å². The maximum atomic E-state index is 10.2. The predicted octanol–water partition coefficient (Wildman–Crippen LogP) is 4.52. The van der Waals surface area contributed by atoms with Crippen LogP contribution in [0.3, 0.4) is 0 Å². The van der Waals surface area contributed by atoms with E-state index in [2.05, 4.69) is 23.1 Å². The molecule has 0 fully saturated rings. The molecule has 0 radical (unpaired) electrons. The molecule has 0 aromatic heterocycles. The summed E-state index contributed by atoms with van der Waals surface area (Å²) < 4.78 is 5.60. The minimum atomic E-state index is -0.527. The summed E-state index contributed by atoms with van der Waals surface area (Å²) in [6, 6.07) is 15.1. The Bertz CT molecular complexity index is 713. The molecule has 1 heterocycles. The molecule has 0 saturated carbocycles. The number of halogens is 2. The summed E-state index contributed by atoms with van der Waals surface area (Å²) >= 11 is 11.8. The van der Waals surface area contributed by atoms with Gasteiger partial charge in [-0.2, -0.15) is 0 Å². The number of nitrogens with zero attached hydrogens (tertiary/aromatic N) is 1. The average molecular weight is 378 g/mol. The minimum Gasteiger partial charge on any atom is -0.491 e. The van der Waals surface area contributed by atoms with Crippen LogP contribution in [0.2, 0.25) is 10.0 Å². The van der Waals surface area contributed by atoms with Gasteiger partial charge in [-0.1, -0.05) is 41.4 Å². The van der Waals surface area contributed by atoms with Crippen LogP contribution in [0.15, 0.2) is 54.6 Å². The maximum absolute atomic E-state index is 10.2. The zero-order valence-electron chi connectivity index (χ0n) is 13.9. The van der Waals surface area contributed by atoms with Crippen molar-refractivity contribution in [3.63, 3.8) is 0 Å². The van der Waals surface area contributed by atoms with Gasteiger partial charge >= 0.3 is 0 Å². The number of aliphatic hydroxyl groups excluding tert-OH is 1. The van der Waals surface area contributed by atoms with Crippen molar-refractivity contribution in [3.05, 3.63) is 70.2 Å². The summed E-state index contributed by atoms with van der Waals surface area (Å²) in [6.07, 6.45) is 2.66. The molecule has 1 atom stereocenters. The summed E-state index contributed by atoms with van der Waals surface area (Å²) in [7, 11) is 0. The van der Waals surface area contributed by atoms with E-state index in [9.17, 15) is 5.11 Å². The van der Waals surface area contributed by atoms with E-state index in [1.807, 2.05) is 12.1 Å². The van der Waals surface area contributed by atoms with E-state index in [4.69, 9.17) is 27.9 Å². The molecule has 2 aromatic carbocycles. The van der Waals surface area contributed by atoms with Crippen molar-refractivity contribution in [2.45, 2.75) is 12.5 Å². The third-order valence-electron chi connectivity index (χ3n) is 4.23. The lowest BCUT2D eigenvalue weighted by Gasteiger charge is -2.28.